The fraction of sp³-hybridized carbons (Fsp3) is 0.467. The Hall–Kier alpha value is -2.11. The largest absolute Gasteiger partial charge is 0.481 e. The summed E-state index contributed by atoms with van der Waals surface area (Å²) in [5.41, 5.74) is 1.01. The predicted octanol–water partition coefficient (Wildman–Crippen LogP) is 2.85. The summed E-state index contributed by atoms with van der Waals surface area (Å²) < 4.78 is 13.6. The number of carbonyl (C=O) groups excluding carboxylic acids is 1. The Bertz CT molecular complexity index is 548. The number of hydrogen-bond acceptors (Lipinski definition) is 2. The lowest BCUT2D eigenvalue weighted by Crippen LogP contribution is -2.42. The number of carbonyl (C=O) groups is 2. The molecule has 1 saturated heterocycles. The molecule has 1 aliphatic heterocycles. The molecule has 0 radical (unpaired) electrons. The van der Waals surface area contributed by atoms with Gasteiger partial charge in [0.15, 0.2) is 0 Å². The van der Waals surface area contributed by atoms with Crippen LogP contribution < -0.4 is 5.32 Å². The molecule has 1 fully saturated rings. The van der Waals surface area contributed by atoms with E-state index in [-0.39, 0.29) is 24.1 Å². The molecule has 6 heteroatoms. The van der Waals surface area contributed by atoms with E-state index >= 15 is 0 Å². The quantitative estimate of drug-likeness (QED) is 0.900. The van der Waals surface area contributed by atoms with E-state index in [0.29, 0.717) is 13.1 Å². The summed E-state index contributed by atoms with van der Waals surface area (Å²) in [6, 6.07) is 4.14. The molecular weight excluding hydrogens is 275 g/mol. The number of amides is 2. The highest BCUT2D eigenvalue weighted by Gasteiger charge is 2.25. The maximum absolute atomic E-state index is 13.6. The first-order valence-corrected chi connectivity index (χ1v) is 6.99. The zero-order valence-electron chi connectivity index (χ0n) is 11.9. The Balaban J connectivity index is 1.99. The smallest absolute Gasteiger partial charge is 0.321 e. The molecule has 114 valence electrons. The van der Waals surface area contributed by atoms with Crippen molar-refractivity contribution in [2.24, 2.45) is 5.92 Å². The molecule has 1 unspecified atom stereocenters. The van der Waals surface area contributed by atoms with E-state index in [0.717, 1.165) is 18.4 Å². The average Bonchev–Trinajstić information content (AvgIpc) is 2.42. The number of nitrogens with one attached hydrogen (secondary N) is 1. The van der Waals surface area contributed by atoms with Crippen molar-refractivity contribution in [3.63, 3.8) is 0 Å². The van der Waals surface area contributed by atoms with Crippen LogP contribution in [0.4, 0.5) is 14.9 Å². The van der Waals surface area contributed by atoms with E-state index in [4.69, 9.17) is 5.11 Å². The molecule has 1 aliphatic rings. The normalized spacial score (nSPS) is 18.4. The van der Waals surface area contributed by atoms with Crippen molar-refractivity contribution in [1.82, 2.24) is 4.90 Å². The second kappa shape index (κ2) is 6.56. The van der Waals surface area contributed by atoms with Gasteiger partial charge in [-0.3, -0.25) is 4.79 Å². The van der Waals surface area contributed by atoms with Gasteiger partial charge in [0.05, 0.1) is 5.69 Å². The number of rotatable bonds is 3. The summed E-state index contributed by atoms with van der Waals surface area (Å²) in [4.78, 5) is 24.5. The third-order valence-electron chi connectivity index (χ3n) is 3.63. The van der Waals surface area contributed by atoms with Gasteiger partial charge in [-0.15, -0.1) is 0 Å². The van der Waals surface area contributed by atoms with Gasteiger partial charge in [-0.1, -0.05) is 6.07 Å². The Morgan fingerprint density at radius 2 is 2.24 bits per heavy atom. The van der Waals surface area contributed by atoms with Gasteiger partial charge < -0.3 is 15.3 Å². The van der Waals surface area contributed by atoms with Crippen molar-refractivity contribution in [2.45, 2.75) is 26.2 Å². The molecule has 0 aromatic heterocycles. The summed E-state index contributed by atoms with van der Waals surface area (Å²) in [6.07, 6.45) is 1.62. The number of anilines is 1. The van der Waals surface area contributed by atoms with E-state index in [9.17, 15) is 14.0 Å². The zero-order chi connectivity index (χ0) is 15.4. The van der Waals surface area contributed by atoms with E-state index < -0.39 is 11.8 Å². The van der Waals surface area contributed by atoms with E-state index in [2.05, 4.69) is 5.32 Å². The number of carboxylic acid groups (broad SMARTS) is 1. The second-order valence-electron chi connectivity index (χ2n) is 5.47. The fourth-order valence-corrected chi connectivity index (χ4v) is 2.59. The molecule has 1 heterocycles. The molecule has 1 aromatic rings. The minimum atomic E-state index is -0.855. The number of likely N-dealkylation sites (tertiary alicyclic amines) is 1. The molecule has 5 nitrogen and oxygen atoms in total. The predicted molar refractivity (Wildman–Crippen MR) is 76.7 cm³/mol. The molecule has 2 amide bonds. The highest BCUT2D eigenvalue weighted by atomic mass is 19.1. The van der Waals surface area contributed by atoms with Crippen LogP contribution in [0.1, 0.15) is 24.8 Å². The molecule has 0 aliphatic carbocycles. The topological polar surface area (TPSA) is 69.6 Å². The Morgan fingerprint density at radius 3 is 2.95 bits per heavy atom. The van der Waals surface area contributed by atoms with Crippen LogP contribution in [0.2, 0.25) is 0 Å². The lowest BCUT2D eigenvalue weighted by molar-refractivity contribution is -0.138. The number of nitrogens with zero attached hydrogens (tertiary/aromatic N) is 1. The third kappa shape index (κ3) is 4.18. The number of aliphatic carboxylic acids is 1. The van der Waals surface area contributed by atoms with Crippen molar-refractivity contribution >= 4 is 17.7 Å². The maximum Gasteiger partial charge on any atom is 0.321 e. The van der Waals surface area contributed by atoms with Crippen LogP contribution in [0.25, 0.3) is 0 Å². The Labute approximate surface area is 122 Å². The summed E-state index contributed by atoms with van der Waals surface area (Å²) in [5, 5.41) is 11.4. The molecule has 0 spiro atoms. The van der Waals surface area contributed by atoms with Crippen LogP contribution in [0, 0.1) is 18.7 Å². The van der Waals surface area contributed by atoms with Crippen molar-refractivity contribution in [2.75, 3.05) is 18.4 Å². The van der Waals surface area contributed by atoms with Crippen LogP contribution in [0.15, 0.2) is 18.2 Å². The van der Waals surface area contributed by atoms with Crippen molar-refractivity contribution in [3.05, 3.63) is 29.6 Å². The summed E-state index contributed by atoms with van der Waals surface area (Å²) >= 11 is 0. The van der Waals surface area contributed by atoms with Gasteiger partial charge in [-0.2, -0.15) is 0 Å². The average molecular weight is 294 g/mol. The van der Waals surface area contributed by atoms with Gasteiger partial charge in [0.1, 0.15) is 5.82 Å². The molecule has 2 rings (SSSR count). The minimum Gasteiger partial charge on any atom is -0.481 e. The van der Waals surface area contributed by atoms with Crippen molar-refractivity contribution in [3.8, 4) is 0 Å². The number of hydrogen-bond donors (Lipinski definition) is 2. The number of halogens is 1. The van der Waals surface area contributed by atoms with Gasteiger partial charge in [0, 0.05) is 19.5 Å². The van der Waals surface area contributed by atoms with Gasteiger partial charge >= 0.3 is 12.0 Å². The van der Waals surface area contributed by atoms with Crippen molar-refractivity contribution in [1.29, 1.82) is 0 Å². The number of aryl methyl sites for hydroxylation is 1. The number of urea groups is 1. The number of benzene rings is 1. The first kappa shape index (κ1) is 15.3. The second-order valence-corrected chi connectivity index (χ2v) is 5.47. The maximum atomic E-state index is 13.6. The molecule has 0 bridgehead atoms. The fourth-order valence-electron chi connectivity index (χ4n) is 2.59. The number of carboxylic acids is 1. The lowest BCUT2D eigenvalue weighted by Gasteiger charge is -2.32. The van der Waals surface area contributed by atoms with Crippen LogP contribution in [-0.2, 0) is 4.79 Å². The number of piperidine rings is 1. The van der Waals surface area contributed by atoms with E-state index in [1.807, 2.05) is 6.92 Å². The monoisotopic (exact) mass is 294 g/mol. The van der Waals surface area contributed by atoms with Gasteiger partial charge in [-0.25, -0.2) is 9.18 Å². The van der Waals surface area contributed by atoms with Crippen LogP contribution in [0.3, 0.4) is 0 Å². The molecule has 21 heavy (non-hydrogen) atoms. The Kier molecular flexibility index (Phi) is 4.77. The first-order valence-electron chi connectivity index (χ1n) is 6.99. The molecule has 1 aromatic carbocycles. The van der Waals surface area contributed by atoms with E-state index in [1.54, 1.807) is 17.0 Å². The van der Waals surface area contributed by atoms with Gasteiger partial charge in [-0.05, 0) is 43.4 Å². The van der Waals surface area contributed by atoms with Gasteiger partial charge in [0.2, 0.25) is 0 Å². The molecule has 2 N–H and O–H groups in total. The van der Waals surface area contributed by atoms with Crippen LogP contribution in [-0.4, -0.2) is 35.1 Å². The lowest BCUT2D eigenvalue weighted by atomic mass is 9.95. The van der Waals surface area contributed by atoms with Gasteiger partial charge in [0.25, 0.3) is 0 Å². The molecule has 0 saturated carbocycles. The third-order valence-corrected chi connectivity index (χ3v) is 3.63. The van der Waals surface area contributed by atoms with Crippen LogP contribution >= 0.6 is 0 Å². The zero-order valence-corrected chi connectivity index (χ0v) is 11.9. The van der Waals surface area contributed by atoms with Crippen molar-refractivity contribution < 1.29 is 19.1 Å². The SMILES string of the molecule is Cc1ccc(F)c(NC(=O)N2CCCC(CC(=O)O)C2)c1. The summed E-state index contributed by atoms with van der Waals surface area (Å²) in [5.74, 6) is -1.37. The van der Waals surface area contributed by atoms with E-state index in [1.165, 1.54) is 6.07 Å². The molecule has 1 atom stereocenters. The highest BCUT2D eigenvalue weighted by Crippen LogP contribution is 2.21. The molecular formula is C15H19FN2O3. The summed E-state index contributed by atoms with van der Waals surface area (Å²) in [6.45, 7) is 2.78. The highest BCUT2D eigenvalue weighted by molar-refractivity contribution is 5.89. The standard InChI is InChI=1S/C15H19FN2O3/c1-10-4-5-12(16)13(7-10)17-15(21)18-6-2-3-11(9-18)8-14(19)20/h4-5,7,11H,2-3,6,8-9H2,1H3,(H,17,21)(H,19,20). The Morgan fingerprint density at radius 1 is 1.48 bits per heavy atom. The van der Waals surface area contributed by atoms with Crippen LogP contribution in [0.5, 0.6) is 0 Å². The minimum absolute atomic E-state index is 0.0376. The first-order chi connectivity index (χ1) is 9.95. The summed E-state index contributed by atoms with van der Waals surface area (Å²) in [7, 11) is 0.